The van der Waals surface area contributed by atoms with E-state index in [9.17, 15) is 13.2 Å². The minimum Gasteiger partial charge on any atom is -0.324 e. The van der Waals surface area contributed by atoms with Gasteiger partial charge in [-0.2, -0.15) is 4.31 Å². The van der Waals surface area contributed by atoms with Crippen LogP contribution in [-0.4, -0.2) is 25.2 Å². The number of hydrogen-bond acceptors (Lipinski definition) is 3. The van der Waals surface area contributed by atoms with Gasteiger partial charge in [-0.05, 0) is 48.7 Å². The summed E-state index contributed by atoms with van der Waals surface area (Å²) in [5, 5.41) is 3.15. The Balaban J connectivity index is 1.93. The van der Waals surface area contributed by atoms with Crippen LogP contribution in [0.1, 0.15) is 16.7 Å². The number of halogens is 2. The average molecular weight is 477 g/mol. The van der Waals surface area contributed by atoms with E-state index in [1.807, 2.05) is 43.3 Å². The van der Waals surface area contributed by atoms with E-state index in [0.29, 0.717) is 16.3 Å². The second kappa shape index (κ2) is 9.83. The number of rotatable bonds is 7. The highest BCUT2D eigenvalue weighted by atomic mass is 35.5. The molecular formula is C23H22Cl2N2O3S. The van der Waals surface area contributed by atoms with E-state index >= 15 is 0 Å². The van der Waals surface area contributed by atoms with Crippen molar-refractivity contribution in [2.75, 3.05) is 11.9 Å². The first-order valence-corrected chi connectivity index (χ1v) is 11.7. The van der Waals surface area contributed by atoms with Crippen LogP contribution in [0.4, 0.5) is 5.69 Å². The first-order valence-electron chi connectivity index (χ1n) is 9.53. The molecule has 1 amide bonds. The number of carbonyl (C=O) groups is 1. The molecule has 0 saturated carbocycles. The fourth-order valence-corrected chi connectivity index (χ4v) is 5.13. The van der Waals surface area contributed by atoms with E-state index < -0.39 is 15.9 Å². The average Bonchev–Trinajstić information content (AvgIpc) is 2.73. The zero-order valence-electron chi connectivity index (χ0n) is 17.1. The topological polar surface area (TPSA) is 66.5 Å². The smallest absolute Gasteiger partial charge is 0.244 e. The second-order valence-corrected chi connectivity index (χ2v) is 9.87. The van der Waals surface area contributed by atoms with Crippen LogP contribution in [0, 0.1) is 13.8 Å². The van der Waals surface area contributed by atoms with Crippen LogP contribution in [0.5, 0.6) is 0 Å². The minimum atomic E-state index is -3.94. The Kier molecular flexibility index (Phi) is 7.38. The molecule has 3 aromatic rings. The summed E-state index contributed by atoms with van der Waals surface area (Å²) in [7, 11) is -3.94. The third kappa shape index (κ3) is 5.66. The highest BCUT2D eigenvalue weighted by molar-refractivity contribution is 7.89. The molecule has 0 heterocycles. The molecule has 0 atom stereocenters. The highest BCUT2D eigenvalue weighted by Gasteiger charge is 2.28. The van der Waals surface area contributed by atoms with E-state index in [1.165, 1.54) is 0 Å². The van der Waals surface area contributed by atoms with E-state index in [-0.39, 0.29) is 23.0 Å². The van der Waals surface area contributed by atoms with E-state index in [1.54, 1.807) is 37.3 Å². The van der Waals surface area contributed by atoms with Gasteiger partial charge in [-0.3, -0.25) is 4.79 Å². The van der Waals surface area contributed by atoms with Gasteiger partial charge in [-0.15, -0.1) is 0 Å². The van der Waals surface area contributed by atoms with Crippen LogP contribution in [-0.2, 0) is 21.4 Å². The number of nitrogens with one attached hydrogen (secondary N) is 1. The summed E-state index contributed by atoms with van der Waals surface area (Å²) < 4.78 is 28.2. The number of carbonyl (C=O) groups excluding carboxylic acids is 1. The van der Waals surface area contributed by atoms with Gasteiger partial charge in [0.2, 0.25) is 15.9 Å². The molecule has 0 spiro atoms. The van der Waals surface area contributed by atoms with Gasteiger partial charge in [0.25, 0.3) is 0 Å². The summed E-state index contributed by atoms with van der Waals surface area (Å²) in [4.78, 5) is 13.0. The number of aryl methyl sites for hydroxylation is 2. The highest BCUT2D eigenvalue weighted by Crippen LogP contribution is 2.30. The molecule has 0 aliphatic carbocycles. The normalized spacial score (nSPS) is 11.5. The maximum atomic E-state index is 13.5. The number of anilines is 1. The van der Waals surface area contributed by atoms with Gasteiger partial charge < -0.3 is 5.32 Å². The lowest BCUT2D eigenvalue weighted by Crippen LogP contribution is -2.38. The molecule has 5 nitrogen and oxygen atoms in total. The number of nitrogens with zero attached hydrogens (tertiary/aromatic N) is 1. The van der Waals surface area contributed by atoms with Crippen LogP contribution in [0.25, 0.3) is 0 Å². The molecule has 31 heavy (non-hydrogen) atoms. The predicted octanol–water partition coefficient (Wildman–Crippen LogP) is 5.44. The lowest BCUT2D eigenvalue weighted by molar-refractivity contribution is -0.116. The number of benzene rings is 3. The van der Waals surface area contributed by atoms with Crippen molar-refractivity contribution in [3.05, 3.63) is 93.5 Å². The lowest BCUT2D eigenvalue weighted by atomic mass is 10.2. The first kappa shape index (κ1) is 23.3. The number of amides is 1. The van der Waals surface area contributed by atoms with Gasteiger partial charge >= 0.3 is 0 Å². The molecule has 8 heteroatoms. The van der Waals surface area contributed by atoms with Gasteiger partial charge in [0.05, 0.1) is 27.2 Å². The summed E-state index contributed by atoms with van der Waals surface area (Å²) in [6.45, 7) is 3.23. The third-order valence-corrected chi connectivity index (χ3v) is 7.46. The van der Waals surface area contributed by atoms with Crippen molar-refractivity contribution < 1.29 is 13.2 Å². The fraction of sp³-hybridized carbons (Fsp3) is 0.174. The Bertz CT molecular complexity index is 1200. The Labute approximate surface area is 192 Å². The molecule has 1 N–H and O–H groups in total. The quantitative estimate of drug-likeness (QED) is 0.493. The molecule has 0 bridgehead atoms. The summed E-state index contributed by atoms with van der Waals surface area (Å²) in [5.74, 6) is -0.519. The molecule has 0 aliphatic heterocycles. The Morgan fingerprint density at radius 2 is 1.68 bits per heavy atom. The van der Waals surface area contributed by atoms with Gasteiger partial charge in [0, 0.05) is 6.54 Å². The van der Waals surface area contributed by atoms with Crippen molar-refractivity contribution >= 4 is 44.8 Å². The zero-order chi connectivity index (χ0) is 22.6. The van der Waals surface area contributed by atoms with Crippen molar-refractivity contribution in [3.8, 4) is 0 Å². The van der Waals surface area contributed by atoms with E-state index in [0.717, 1.165) is 15.4 Å². The largest absolute Gasteiger partial charge is 0.324 e. The summed E-state index contributed by atoms with van der Waals surface area (Å²) >= 11 is 12.2. The summed E-state index contributed by atoms with van der Waals surface area (Å²) in [6, 6.07) is 19.2. The Morgan fingerprint density at radius 1 is 0.968 bits per heavy atom. The molecular weight excluding hydrogens is 455 g/mol. The summed E-state index contributed by atoms with van der Waals surface area (Å²) in [6.07, 6.45) is 0. The molecule has 162 valence electrons. The molecule has 3 rings (SSSR count). The standard InChI is InChI=1S/C23H22Cl2N2O3S/c1-16-11-12-17(2)21(13-16)31(29,30)27(14-18-7-4-3-5-8-18)15-22(28)26-20-10-6-9-19(24)23(20)25/h3-13H,14-15H2,1-2H3,(H,26,28). The molecule has 0 fully saturated rings. The molecule has 0 aliphatic rings. The zero-order valence-corrected chi connectivity index (χ0v) is 19.4. The van der Waals surface area contributed by atoms with Crippen LogP contribution in [0.2, 0.25) is 10.0 Å². The van der Waals surface area contributed by atoms with Crippen LogP contribution in [0.15, 0.2) is 71.6 Å². The van der Waals surface area contributed by atoms with Crippen LogP contribution < -0.4 is 5.32 Å². The molecule has 0 aromatic heterocycles. The number of sulfonamides is 1. The lowest BCUT2D eigenvalue weighted by Gasteiger charge is -2.23. The van der Waals surface area contributed by atoms with Gasteiger partial charge in [-0.25, -0.2) is 8.42 Å². The molecule has 0 unspecified atom stereocenters. The summed E-state index contributed by atoms with van der Waals surface area (Å²) in [5.41, 5.74) is 2.52. The van der Waals surface area contributed by atoms with Crippen molar-refractivity contribution in [1.82, 2.24) is 4.31 Å². The molecule has 3 aromatic carbocycles. The van der Waals surface area contributed by atoms with Crippen molar-refractivity contribution in [2.45, 2.75) is 25.3 Å². The first-order chi connectivity index (χ1) is 14.7. The van der Waals surface area contributed by atoms with Gasteiger partial charge in [-0.1, -0.05) is 71.7 Å². The minimum absolute atomic E-state index is 0.0489. The third-order valence-electron chi connectivity index (χ3n) is 4.71. The van der Waals surface area contributed by atoms with Gasteiger partial charge in [0.15, 0.2) is 0 Å². The van der Waals surface area contributed by atoms with Crippen LogP contribution >= 0.6 is 23.2 Å². The van der Waals surface area contributed by atoms with Crippen molar-refractivity contribution in [3.63, 3.8) is 0 Å². The maximum Gasteiger partial charge on any atom is 0.244 e. The van der Waals surface area contributed by atoms with Crippen molar-refractivity contribution in [1.29, 1.82) is 0 Å². The van der Waals surface area contributed by atoms with Gasteiger partial charge in [0.1, 0.15) is 0 Å². The number of hydrogen-bond donors (Lipinski definition) is 1. The van der Waals surface area contributed by atoms with Crippen molar-refractivity contribution in [2.24, 2.45) is 0 Å². The predicted molar refractivity (Wildman–Crippen MR) is 125 cm³/mol. The molecule has 0 saturated heterocycles. The second-order valence-electron chi connectivity index (χ2n) is 7.18. The van der Waals surface area contributed by atoms with E-state index in [2.05, 4.69) is 5.32 Å². The molecule has 0 radical (unpaired) electrons. The SMILES string of the molecule is Cc1ccc(C)c(S(=O)(=O)N(CC(=O)Nc2cccc(Cl)c2Cl)Cc2ccccc2)c1. The monoisotopic (exact) mass is 476 g/mol. The Hall–Kier alpha value is -2.38. The fourth-order valence-electron chi connectivity index (χ4n) is 3.09. The van der Waals surface area contributed by atoms with E-state index in [4.69, 9.17) is 23.2 Å². The maximum absolute atomic E-state index is 13.5. The Morgan fingerprint density at radius 3 is 2.39 bits per heavy atom. The van der Waals surface area contributed by atoms with Crippen LogP contribution in [0.3, 0.4) is 0 Å².